The Balaban J connectivity index is 1.23. The fourth-order valence-electron chi connectivity index (χ4n) is 13.3. The predicted molar refractivity (Wildman–Crippen MR) is 201 cm³/mol. The maximum Gasteiger partial charge on any atom is 0.187 e. The first-order valence-electron chi connectivity index (χ1n) is 20.9. The number of allylic oxidation sites excluding steroid dienone is 2. The average Bonchev–Trinajstić information content (AvgIpc) is 3.50. The third-order valence-electron chi connectivity index (χ3n) is 16.6. The molecule has 0 radical (unpaired) electrons. The van der Waals surface area contributed by atoms with Crippen LogP contribution in [0.15, 0.2) is 11.6 Å². The van der Waals surface area contributed by atoms with Crippen LogP contribution in [0, 0.1) is 45.3 Å². The monoisotopic (exact) mass is 784 g/mol. The zero-order chi connectivity index (χ0) is 40.6. The molecule has 55 heavy (non-hydrogen) atoms. The predicted octanol–water partition coefficient (Wildman–Crippen LogP) is 2.15. The Bertz CT molecular complexity index is 1370. The smallest absolute Gasteiger partial charge is 0.187 e. The fourth-order valence-corrected chi connectivity index (χ4v) is 13.3. The summed E-state index contributed by atoms with van der Waals surface area (Å²) in [6.07, 6.45) is -6.48. The van der Waals surface area contributed by atoms with Crippen LogP contribution in [0.5, 0.6) is 0 Å². The number of aliphatic hydroxyl groups excluding tert-OH is 8. The quantitative estimate of drug-likeness (QED) is 0.115. The summed E-state index contributed by atoms with van der Waals surface area (Å²) in [5.74, 6) is 0.445. The molecule has 20 atom stereocenters. The minimum atomic E-state index is -1.75. The molecule has 0 aromatic heterocycles. The minimum Gasteiger partial charge on any atom is -0.394 e. The summed E-state index contributed by atoms with van der Waals surface area (Å²) in [6.45, 7) is 16.5. The third kappa shape index (κ3) is 7.20. The maximum atomic E-state index is 12.2. The molecule has 6 aliphatic rings. The lowest BCUT2D eigenvalue weighted by Gasteiger charge is -2.70. The van der Waals surface area contributed by atoms with Gasteiger partial charge >= 0.3 is 0 Å². The van der Waals surface area contributed by atoms with Crippen molar-refractivity contribution in [2.45, 2.75) is 192 Å². The second-order valence-electron chi connectivity index (χ2n) is 20.1. The van der Waals surface area contributed by atoms with E-state index in [1.807, 2.05) is 6.92 Å². The SMILES string of the molecule is CC(C)=CCCC(C)(O)[C@H]1CC[C@]2(C)[C@@H]1[C@H](O)C[C@@H]1[C@@]3(C)CC[C@H](O[C@@H]4O[C@H](CO)[C@@H](O)[C@H](O)[C@H]4O[C@@H]4O[C@H](CO)[C@@H](O)[C@H](O)[C@H]4O)C(C)(C)C3CC[C@]12C. The summed E-state index contributed by atoms with van der Waals surface area (Å²) in [6, 6.07) is 0. The van der Waals surface area contributed by atoms with E-state index in [0.29, 0.717) is 19.3 Å². The van der Waals surface area contributed by atoms with E-state index in [-0.39, 0.29) is 39.9 Å². The minimum absolute atomic E-state index is 0.00798. The molecule has 2 heterocycles. The Labute approximate surface area is 327 Å². The number of ether oxygens (including phenoxy) is 4. The molecular formula is C42H72O13. The van der Waals surface area contributed by atoms with Crippen LogP contribution in [-0.4, -0.2) is 138 Å². The van der Waals surface area contributed by atoms with Gasteiger partial charge in [0.25, 0.3) is 0 Å². The van der Waals surface area contributed by atoms with Gasteiger partial charge in [0, 0.05) is 0 Å². The van der Waals surface area contributed by atoms with E-state index in [9.17, 15) is 46.0 Å². The zero-order valence-electron chi connectivity index (χ0n) is 34.3. The molecule has 0 spiro atoms. The van der Waals surface area contributed by atoms with E-state index >= 15 is 0 Å². The molecule has 0 aromatic rings. The van der Waals surface area contributed by atoms with E-state index in [4.69, 9.17) is 18.9 Å². The highest BCUT2D eigenvalue weighted by Gasteiger charge is 2.71. The lowest BCUT2D eigenvalue weighted by atomic mass is 9.35. The fraction of sp³-hybridized carbons (Fsp3) is 0.952. The molecule has 6 rings (SSSR count). The van der Waals surface area contributed by atoms with E-state index in [1.165, 1.54) is 5.57 Å². The van der Waals surface area contributed by atoms with Crippen LogP contribution in [0.25, 0.3) is 0 Å². The molecule has 4 saturated carbocycles. The Kier molecular flexibility index (Phi) is 12.5. The van der Waals surface area contributed by atoms with Gasteiger partial charge in [-0.3, -0.25) is 0 Å². The van der Waals surface area contributed by atoms with E-state index in [0.717, 1.165) is 38.5 Å². The molecule has 6 fully saturated rings. The van der Waals surface area contributed by atoms with Gasteiger partial charge in [0.2, 0.25) is 0 Å². The molecule has 13 heteroatoms. The Morgan fingerprint density at radius 2 is 1.33 bits per heavy atom. The van der Waals surface area contributed by atoms with Crippen LogP contribution in [-0.2, 0) is 18.9 Å². The summed E-state index contributed by atoms with van der Waals surface area (Å²) in [5, 5.41) is 97.4. The van der Waals surface area contributed by atoms with E-state index in [2.05, 4.69) is 54.5 Å². The van der Waals surface area contributed by atoms with Crippen LogP contribution in [0.3, 0.4) is 0 Å². The van der Waals surface area contributed by atoms with Gasteiger partial charge in [-0.2, -0.15) is 0 Å². The van der Waals surface area contributed by atoms with Crippen molar-refractivity contribution in [2.75, 3.05) is 13.2 Å². The molecule has 0 amide bonds. The number of rotatable bonds is 10. The zero-order valence-corrected chi connectivity index (χ0v) is 34.3. The number of hydrogen-bond donors (Lipinski definition) is 9. The van der Waals surface area contributed by atoms with Crippen molar-refractivity contribution >= 4 is 0 Å². The Hall–Kier alpha value is -0.780. The molecule has 0 bridgehead atoms. The first-order chi connectivity index (χ1) is 25.6. The molecule has 13 nitrogen and oxygen atoms in total. The normalized spacial score (nSPS) is 52.0. The van der Waals surface area contributed by atoms with Gasteiger partial charge in [0.05, 0.1) is 31.0 Å². The molecule has 2 unspecified atom stereocenters. The van der Waals surface area contributed by atoms with Crippen LogP contribution in [0.1, 0.15) is 113 Å². The first kappa shape index (κ1) is 43.8. The van der Waals surface area contributed by atoms with Crippen molar-refractivity contribution in [3.8, 4) is 0 Å². The maximum absolute atomic E-state index is 12.2. The van der Waals surface area contributed by atoms with Crippen molar-refractivity contribution in [2.24, 2.45) is 45.3 Å². The number of aliphatic hydroxyl groups is 9. The summed E-state index contributed by atoms with van der Waals surface area (Å²) in [4.78, 5) is 0. The Morgan fingerprint density at radius 1 is 0.727 bits per heavy atom. The van der Waals surface area contributed by atoms with E-state index in [1.54, 1.807) is 0 Å². The van der Waals surface area contributed by atoms with Crippen molar-refractivity contribution in [1.82, 2.24) is 0 Å². The molecule has 4 aliphatic carbocycles. The van der Waals surface area contributed by atoms with Crippen LogP contribution < -0.4 is 0 Å². The second-order valence-corrected chi connectivity index (χ2v) is 20.1. The summed E-state index contributed by atoms with van der Waals surface area (Å²) >= 11 is 0. The highest BCUT2D eigenvalue weighted by molar-refractivity contribution is 5.20. The van der Waals surface area contributed by atoms with E-state index < -0.39 is 97.8 Å². The highest BCUT2D eigenvalue weighted by atomic mass is 16.8. The molecule has 0 aromatic carbocycles. The topological polar surface area (TPSA) is 219 Å². The molecule has 2 aliphatic heterocycles. The molecule has 2 saturated heterocycles. The van der Waals surface area contributed by atoms with Gasteiger partial charge in [0.1, 0.15) is 48.8 Å². The molecule has 318 valence electrons. The summed E-state index contributed by atoms with van der Waals surface area (Å²) < 4.78 is 24.4. The lowest BCUT2D eigenvalue weighted by molar-refractivity contribution is -0.378. The average molecular weight is 785 g/mol. The van der Waals surface area contributed by atoms with Gasteiger partial charge in [-0.05, 0) is 124 Å². The number of fused-ring (bicyclic) bond motifs is 5. The molecular weight excluding hydrogens is 712 g/mol. The van der Waals surface area contributed by atoms with Gasteiger partial charge in [0.15, 0.2) is 12.6 Å². The largest absolute Gasteiger partial charge is 0.394 e. The third-order valence-corrected chi connectivity index (χ3v) is 16.6. The molecule has 9 N–H and O–H groups in total. The highest BCUT2D eigenvalue weighted by Crippen LogP contribution is 2.76. The summed E-state index contributed by atoms with van der Waals surface area (Å²) in [7, 11) is 0. The van der Waals surface area contributed by atoms with Crippen LogP contribution >= 0.6 is 0 Å². The van der Waals surface area contributed by atoms with Crippen molar-refractivity contribution in [3.05, 3.63) is 11.6 Å². The van der Waals surface area contributed by atoms with Crippen LogP contribution in [0.2, 0.25) is 0 Å². The van der Waals surface area contributed by atoms with Gasteiger partial charge in [-0.25, -0.2) is 0 Å². The van der Waals surface area contributed by atoms with Gasteiger partial charge in [-0.15, -0.1) is 0 Å². The number of hydrogen-bond acceptors (Lipinski definition) is 13. The van der Waals surface area contributed by atoms with Crippen LogP contribution in [0.4, 0.5) is 0 Å². The second kappa shape index (κ2) is 15.7. The standard InChI is InChI=1S/C42H72O13/c1-21(2)10-9-14-42(8,51)22-11-16-41(7)29(22)23(45)18-27-39(5)15-13-28(38(3,4)26(39)12-17-40(27,41)6)54-37-35(33(49)31(47)25(20-44)53-37)55-36-34(50)32(48)30(46)24(19-43)52-36/h10,22-37,43-51H,9,11-20H2,1-8H3/t22-,23+,24+,25+,26?,27+,28-,29-,30+,31+,32-,33-,34+,35+,36-,37-,39-,40+,41+,42?/m0/s1. The van der Waals surface area contributed by atoms with Crippen molar-refractivity contribution < 1.29 is 64.9 Å². The van der Waals surface area contributed by atoms with Crippen molar-refractivity contribution in [3.63, 3.8) is 0 Å². The Morgan fingerprint density at radius 3 is 1.95 bits per heavy atom. The van der Waals surface area contributed by atoms with Gasteiger partial charge in [-0.1, -0.05) is 46.3 Å². The first-order valence-corrected chi connectivity index (χ1v) is 20.9. The van der Waals surface area contributed by atoms with Gasteiger partial charge < -0.3 is 64.9 Å². The van der Waals surface area contributed by atoms with Crippen molar-refractivity contribution in [1.29, 1.82) is 0 Å². The lowest BCUT2D eigenvalue weighted by Crippen LogP contribution is -2.68. The summed E-state index contributed by atoms with van der Waals surface area (Å²) in [5.41, 5.74) is -0.405.